The first-order valence-corrected chi connectivity index (χ1v) is 14.4. The molecule has 0 N–H and O–H groups in total. The molecule has 0 heterocycles. The van der Waals surface area contributed by atoms with Gasteiger partial charge in [-0.3, -0.25) is 0 Å². The molecule has 0 saturated carbocycles. The van der Waals surface area contributed by atoms with E-state index >= 15 is 0 Å². The normalized spacial score (nSPS) is 13.5. The van der Waals surface area contributed by atoms with Crippen molar-refractivity contribution in [2.24, 2.45) is 0 Å². The minimum absolute atomic E-state index is 0.868. The minimum atomic E-state index is -10.7. The number of benzene rings is 4. The summed E-state index contributed by atoms with van der Waals surface area (Å²) in [7, 11) is -12.7. The van der Waals surface area contributed by atoms with E-state index in [1.54, 1.807) is 0 Å². The van der Waals surface area contributed by atoms with Gasteiger partial charge >= 0.3 is 33.0 Å². The zero-order valence-electron chi connectivity index (χ0n) is 18.6. The molecule has 0 saturated heterocycles. The van der Waals surface area contributed by atoms with Crippen molar-refractivity contribution in [1.29, 1.82) is 0 Å². The molecule has 0 atom stereocenters. The first-order valence-electron chi connectivity index (χ1n) is 10.6. The van der Waals surface area contributed by atoms with Gasteiger partial charge in [0, 0.05) is 6.42 Å². The summed E-state index contributed by atoms with van der Waals surface area (Å²) in [6, 6.07) is 43.4. The van der Waals surface area contributed by atoms with Gasteiger partial charge in [0.2, 0.25) is 0 Å². The second-order valence-electron chi connectivity index (χ2n) is 7.86. The van der Waals surface area contributed by atoms with Crippen LogP contribution in [0.4, 0.5) is 25.2 Å². The SMILES string of the molecule is C=C(Cc1ccccc1)[P+](c1ccccc1)(c1ccccc1)c1ccccc1.F[P-](F)(F)(F)(F)F. The summed E-state index contributed by atoms with van der Waals surface area (Å²) in [6.45, 7) is 4.70. The molecule has 0 aromatic heterocycles. The Morgan fingerprint density at radius 1 is 0.514 bits per heavy atom. The van der Waals surface area contributed by atoms with Gasteiger partial charge in [-0.1, -0.05) is 91.5 Å². The fourth-order valence-corrected chi connectivity index (χ4v) is 8.17. The molecule has 4 aromatic rings. The molecular weight excluding hydrogens is 500 g/mol. The molecule has 184 valence electrons. The van der Waals surface area contributed by atoms with Gasteiger partial charge in [-0.25, -0.2) is 0 Å². The van der Waals surface area contributed by atoms with E-state index in [4.69, 9.17) is 6.58 Å². The first kappa shape index (κ1) is 26.7. The molecule has 0 aliphatic heterocycles. The van der Waals surface area contributed by atoms with E-state index in [1.807, 2.05) is 0 Å². The van der Waals surface area contributed by atoms with Gasteiger partial charge in [0.15, 0.2) is 0 Å². The summed E-state index contributed by atoms with van der Waals surface area (Å²) < 4.78 is 59.2. The molecular formula is C27H24F6P2. The number of rotatable bonds is 6. The molecule has 0 aliphatic rings. The predicted molar refractivity (Wildman–Crippen MR) is 138 cm³/mol. The van der Waals surface area contributed by atoms with Crippen molar-refractivity contribution in [3.05, 3.63) is 139 Å². The van der Waals surface area contributed by atoms with Gasteiger partial charge in [-0.05, 0) is 42.0 Å². The van der Waals surface area contributed by atoms with Gasteiger partial charge < -0.3 is 0 Å². The number of hydrogen-bond acceptors (Lipinski definition) is 0. The van der Waals surface area contributed by atoms with Gasteiger partial charge in [-0.2, -0.15) is 0 Å². The van der Waals surface area contributed by atoms with Crippen LogP contribution in [0.3, 0.4) is 0 Å². The Morgan fingerprint density at radius 3 is 1.06 bits per heavy atom. The van der Waals surface area contributed by atoms with Crippen molar-refractivity contribution >= 4 is 31.0 Å². The molecule has 4 aromatic carbocycles. The maximum absolute atomic E-state index is 10.7. The molecule has 0 nitrogen and oxygen atoms in total. The van der Waals surface area contributed by atoms with Crippen LogP contribution in [0, 0.1) is 0 Å². The standard InChI is InChI=1S/C27H24P.F6P/c1-23(22-24-14-6-2-7-15-24)28(25-16-8-3-9-17-25,26-18-10-4-11-19-26)27-20-12-5-13-21-27;1-7(2,3,4,5)6/h2-21H,1,22H2;/q+1;-1. The summed E-state index contributed by atoms with van der Waals surface area (Å²) in [5.41, 5.74) is 1.31. The molecule has 0 fully saturated rings. The molecule has 0 aliphatic carbocycles. The Hall–Kier alpha value is -2.94. The zero-order valence-corrected chi connectivity index (χ0v) is 20.4. The zero-order chi connectivity index (χ0) is 25.6. The van der Waals surface area contributed by atoms with E-state index in [0.29, 0.717) is 0 Å². The van der Waals surface area contributed by atoms with E-state index in [0.717, 1.165) is 6.42 Å². The van der Waals surface area contributed by atoms with Crippen LogP contribution >= 0.6 is 15.1 Å². The molecule has 0 unspecified atom stereocenters. The van der Waals surface area contributed by atoms with Crippen LogP contribution in [0.1, 0.15) is 5.56 Å². The second-order valence-corrected chi connectivity index (χ2v) is 13.3. The Balaban J connectivity index is 0.000000429. The summed E-state index contributed by atoms with van der Waals surface area (Å²) in [6.07, 6.45) is 0.868. The number of hydrogen-bond donors (Lipinski definition) is 0. The van der Waals surface area contributed by atoms with Crippen LogP contribution in [0.5, 0.6) is 0 Å². The summed E-state index contributed by atoms with van der Waals surface area (Å²) in [5.74, 6) is 0. The third-order valence-corrected chi connectivity index (χ3v) is 9.48. The second kappa shape index (κ2) is 9.60. The third-order valence-electron chi connectivity index (χ3n) is 5.16. The summed E-state index contributed by atoms with van der Waals surface area (Å²) >= 11 is 0. The van der Waals surface area contributed by atoms with E-state index in [9.17, 15) is 25.2 Å². The Kier molecular flexibility index (Phi) is 7.32. The van der Waals surface area contributed by atoms with Crippen molar-refractivity contribution in [1.82, 2.24) is 0 Å². The Morgan fingerprint density at radius 2 is 0.771 bits per heavy atom. The van der Waals surface area contributed by atoms with E-state index < -0.39 is 15.1 Å². The van der Waals surface area contributed by atoms with E-state index in [-0.39, 0.29) is 0 Å². The van der Waals surface area contributed by atoms with Gasteiger partial charge in [0.05, 0.1) is 5.31 Å². The summed E-state index contributed by atoms with van der Waals surface area (Å²) in [5, 5.41) is 5.34. The van der Waals surface area contributed by atoms with Gasteiger partial charge in [-0.15, -0.1) is 0 Å². The van der Waals surface area contributed by atoms with Crippen molar-refractivity contribution in [3.8, 4) is 0 Å². The first-order chi connectivity index (χ1) is 16.3. The van der Waals surface area contributed by atoms with Gasteiger partial charge in [0.1, 0.15) is 23.2 Å². The number of allylic oxidation sites excluding steroid dienone is 1. The molecule has 0 spiro atoms. The van der Waals surface area contributed by atoms with Crippen molar-refractivity contribution in [2.45, 2.75) is 6.42 Å². The van der Waals surface area contributed by atoms with Crippen molar-refractivity contribution in [2.75, 3.05) is 0 Å². The van der Waals surface area contributed by atoms with E-state index in [2.05, 4.69) is 121 Å². The number of halogens is 6. The van der Waals surface area contributed by atoms with Crippen LogP contribution in [0.25, 0.3) is 0 Å². The molecule has 4 rings (SSSR count). The van der Waals surface area contributed by atoms with Crippen LogP contribution in [0.2, 0.25) is 0 Å². The molecule has 8 heteroatoms. The van der Waals surface area contributed by atoms with Crippen molar-refractivity contribution < 1.29 is 25.2 Å². The van der Waals surface area contributed by atoms with Gasteiger partial charge in [0.25, 0.3) is 0 Å². The average Bonchev–Trinajstić information content (AvgIpc) is 2.80. The third kappa shape index (κ3) is 8.06. The average molecular weight is 524 g/mol. The van der Waals surface area contributed by atoms with E-state index in [1.165, 1.54) is 26.8 Å². The molecule has 0 bridgehead atoms. The van der Waals surface area contributed by atoms with Crippen LogP contribution in [-0.4, -0.2) is 0 Å². The van der Waals surface area contributed by atoms with Crippen LogP contribution in [0.15, 0.2) is 133 Å². The summed E-state index contributed by atoms with van der Waals surface area (Å²) in [4.78, 5) is 0. The quantitative estimate of drug-likeness (QED) is 0.174. The topological polar surface area (TPSA) is 0 Å². The Bertz CT molecular complexity index is 1140. The maximum atomic E-state index is 9.87. The Labute approximate surface area is 201 Å². The predicted octanol–water partition coefficient (Wildman–Crippen LogP) is 9.12. The molecule has 35 heavy (non-hydrogen) atoms. The van der Waals surface area contributed by atoms with Crippen molar-refractivity contribution in [3.63, 3.8) is 0 Å². The van der Waals surface area contributed by atoms with Crippen LogP contribution in [-0.2, 0) is 6.42 Å². The fourth-order valence-electron chi connectivity index (χ4n) is 3.90. The molecule has 0 amide bonds. The monoisotopic (exact) mass is 524 g/mol. The fraction of sp³-hybridized carbons (Fsp3) is 0.0370. The van der Waals surface area contributed by atoms with Crippen LogP contribution < -0.4 is 15.9 Å². The molecule has 0 radical (unpaired) electrons.